The van der Waals surface area contributed by atoms with Gasteiger partial charge in [0, 0.05) is 26.7 Å². The largest absolute Gasteiger partial charge is 0.394 e. The van der Waals surface area contributed by atoms with Crippen LogP contribution in [-0.4, -0.2) is 36.6 Å². The smallest absolute Gasteiger partial charge is 0.376 e. The summed E-state index contributed by atoms with van der Waals surface area (Å²) in [6.07, 6.45) is -3.10. The molecule has 0 radical (unpaired) electrons. The third kappa shape index (κ3) is 3.46. The quantitative estimate of drug-likeness (QED) is 0.857. The van der Waals surface area contributed by atoms with E-state index in [2.05, 4.69) is 5.10 Å². The van der Waals surface area contributed by atoms with E-state index in [1.54, 1.807) is 19.0 Å². The number of nitrogens with zero attached hydrogens (tertiary/aromatic N) is 3. The molecule has 0 saturated carbocycles. The molecule has 0 aliphatic rings. The van der Waals surface area contributed by atoms with E-state index in [1.807, 2.05) is 0 Å². The van der Waals surface area contributed by atoms with Crippen molar-refractivity contribution < 1.29 is 13.2 Å². The molecule has 1 unspecified atom stereocenters. The van der Waals surface area contributed by atoms with Gasteiger partial charge in [-0.1, -0.05) is 0 Å². The second-order valence-electron chi connectivity index (χ2n) is 4.10. The summed E-state index contributed by atoms with van der Waals surface area (Å²) in [6.45, 7) is -1.14. The Hall–Kier alpha value is -1.57. The van der Waals surface area contributed by atoms with Crippen LogP contribution in [0.3, 0.4) is 0 Å². The van der Waals surface area contributed by atoms with Crippen LogP contribution in [0.1, 0.15) is 0 Å². The molecule has 0 spiro atoms. The molecule has 1 aromatic rings. The lowest BCUT2D eigenvalue weighted by Gasteiger charge is -2.19. The molecule has 18 heavy (non-hydrogen) atoms. The van der Waals surface area contributed by atoms with Crippen molar-refractivity contribution in [3.63, 3.8) is 0 Å². The Morgan fingerprint density at radius 1 is 1.50 bits per heavy atom. The van der Waals surface area contributed by atoms with Gasteiger partial charge in [-0.25, -0.2) is 4.68 Å². The van der Waals surface area contributed by atoms with Crippen LogP contribution >= 0.6 is 0 Å². The van der Waals surface area contributed by atoms with E-state index in [9.17, 15) is 18.0 Å². The van der Waals surface area contributed by atoms with Crippen molar-refractivity contribution in [2.75, 3.05) is 25.5 Å². The van der Waals surface area contributed by atoms with Gasteiger partial charge in [0.2, 0.25) is 0 Å². The fraction of sp³-hybridized carbons (Fsp3) is 0.600. The zero-order valence-electron chi connectivity index (χ0n) is 10.1. The molecular weight excluding hydrogens is 249 g/mol. The lowest BCUT2D eigenvalue weighted by atomic mass is 10.1. The second kappa shape index (κ2) is 5.38. The predicted molar refractivity (Wildman–Crippen MR) is 61.4 cm³/mol. The van der Waals surface area contributed by atoms with Gasteiger partial charge in [0.05, 0.1) is 24.3 Å². The molecule has 1 aromatic heterocycles. The highest BCUT2D eigenvalue weighted by Crippen LogP contribution is 2.26. The van der Waals surface area contributed by atoms with E-state index < -0.39 is 30.7 Å². The number of alkyl halides is 3. The van der Waals surface area contributed by atoms with Crippen LogP contribution in [0.15, 0.2) is 17.1 Å². The van der Waals surface area contributed by atoms with Crippen LogP contribution < -0.4 is 16.2 Å². The maximum Gasteiger partial charge on any atom is 0.394 e. The molecule has 0 aliphatic carbocycles. The summed E-state index contributed by atoms with van der Waals surface area (Å²) < 4.78 is 38.3. The normalized spacial score (nSPS) is 13.4. The SMILES string of the molecule is CN(C)c1cnn(CC(CN)C(F)(F)F)c(=O)c1. The number of nitrogens with two attached hydrogens (primary N) is 1. The summed E-state index contributed by atoms with van der Waals surface area (Å²) in [5, 5.41) is 3.71. The summed E-state index contributed by atoms with van der Waals surface area (Å²) in [5.41, 5.74) is 5.02. The van der Waals surface area contributed by atoms with Gasteiger partial charge in [0.25, 0.3) is 5.56 Å². The first-order valence-electron chi connectivity index (χ1n) is 5.27. The first-order chi connectivity index (χ1) is 8.25. The lowest BCUT2D eigenvalue weighted by molar-refractivity contribution is -0.175. The van der Waals surface area contributed by atoms with Crippen molar-refractivity contribution in [1.29, 1.82) is 0 Å². The van der Waals surface area contributed by atoms with E-state index >= 15 is 0 Å². The molecule has 1 rings (SSSR count). The van der Waals surface area contributed by atoms with Crippen molar-refractivity contribution in [1.82, 2.24) is 9.78 Å². The van der Waals surface area contributed by atoms with Gasteiger partial charge < -0.3 is 10.6 Å². The molecule has 1 heterocycles. The van der Waals surface area contributed by atoms with Crippen molar-refractivity contribution in [3.8, 4) is 0 Å². The highest BCUT2D eigenvalue weighted by Gasteiger charge is 2.39. The van der Waals surface area contributed by atoms with Crippen LogP contribution in [0.5, 0.6) is 0 Å². The average Bonchev–Trinajstić information content (AvgIpc) is 2.25. The topological polar surface area (TPSA) is 64.2 Å². The van der Waals surface area contributed by atoms with Crippen molar-refractivity contribution in [3.05, 3.63) is 22.6 Å². The molecule has 0 amide bonds. The Morgan fingerprint density at radius 3 is 2.50 bits per heavy atom. The molecule has 0 aromatic carbocycles. The monoisotopic (exact) mass is 264 g/mol. The molecule has 0 fully saturated rings. The van der Waals surface area contributed by atoms with Crippen LogP contribution in [0.25, 0.3) is 0 Å². The first kappa shape index (κ1) is 14.5. The first-order valence-corrected chi connectivity index (χ1v) is 5.27. The Labute approximate surface area is 102 Å². The van der Waals surface area contributed by atoms with Crippen molar-refractivity contribution >= 4 is 5.69 Å². The van der Waals surface area contributed by atoms with Crippen molar-refractivity contribution in [2.45, 2.75) is 12.7 Å². The molecule has 2 N–H and O–H groups in total. The fourth-order valence-electron chi connectivity index (χ4n) is 1.33. The van der Waals surface area contributed by atoms with E-state index in [0.717, 1.165) is 4.68 Å². The van der Waals surface area contributed by atoms with Gasteiger partial charge in [-0.3, -0.25) is 4.79 Å². The number of hydrogen-bond acceptors (Lipinski definition) is 4. The molecule has 5 nitrogen and oxygen atoms in total. The molecular formula is C10H15F3N4O. The van der Waals surface area contributed by atoms with Crippen LogP contribution in [0, 0.1) is 5.92 Å². The zero-order chi connectivity index (χ0) is 13.9. The highest BCUT2D eigenvalue weighted by molar-refractivity contribution is 5.40. The number of hydrogen-bond donors (Lipinski definition) is 1. The summed E-state index contributed by atoms with van der Waals surface area (Å²) in [4.78, 5) is 13.2. The summed E-state index contributed by atoms with van der Waals surface area (Å²) in [7, 11) is 3.42. The van der Waals surface area contributed by atoms with Crippen molar-refractivity contribution in [2.24, 2.45) is 11.7 Å². The molecule has 0 saturated heterocycles. The summed E-state index contributed by atoms with van der Waals surface area (Å²) >= 11 is 0. The van der Waals surface area contributed by atoms with Gasteiger partial charge in [0.1, 0.15) is 0 Å². The number of aromatic nitrogens is 2. The minimum atomic E-state index is -4.43. The van der Waals surface area contributed by atoms with Gasteiger partial charge in [0.15, 0.2) is 0 Å². The van der Waals surface area contributed by atoms with Gasteiger partial charge in [-0.2, -0.15) is 18.3 Å². The third-order valence-corrected chi connectivity index (χ3v) is 2.51. The minimum Gasteiger partial charge on any atom is -0.376 e. The Kier molecular flexibility index (Phi) is 4.33. The molecule has 0 aliphatic heterocycles. The van der Waals surface area contributed by atoms with E-state index in [4.69, 9.17) is 5.73 Å². The number of halogens is 3. The Morgan fingerprint density at radius 2 is 2.11 bits per heavy atom. The minimum absolute atomic E-state index is 0.535. The van der Waals surface area contributed by atoms with E-state index in [0.29, 0.717) is 5.69 Å². The fourth-order valence-corrected chi connectivity index (χ4v) is 1.33. The number of rotatable bonds is 4. The number of anilines is 1. The molecule has 102 valence electrons. The Balaban J connectivity index is 2.95. The Bertz CT molecular complexity index is 455. The third-order valence-electron chi connectivity index (χ3n) is 2.51. The molecule has 8 heteroatoms. The van der Waals surface area contributed by atoms with E-state index in [-0.39, 0.29) is 0 Å². The van der Waals surface area contributed by atoms with Crippen LogP contribution in [0.2, 0.25) is 0 Å². The summed E-state index contributed by atoms with van der Waals surface area (Å²) in [5.74, 6) is -1.77. The summed E-state index contributed by atoms with van der Waals surface area (Å²) in [6, 6.07) is 1.23. The average molecular weight is 264 g/mol. The van der Waals surface area contributed by atoms with Gasteiger partial charge in [-0.05, 0) is 0 Å². The zero-order valence-corrected chi connectivity index (χ0v) is 10.1. The maximum atomic E-state index is 12.5. The molecule has 0 bridgehead atoms. The predicted octanol–water partition coefficient (Wildman–Crippen LogP) is 0.446. The van der Waals surface area contributed by atoms with Crippen LogP contribution in [0.4, 0.5) is 18.9 Å². The second-order valence-corrected chi connectivity index (χ2v) is 4.10. The van der Waals surface area contributed by atoms with E-state index in [1.165, 1.54) is 12.3 Å². The lowest BCUT2D eigenvalue weighted by Crippen LogP contribution is -2.37. The van der Waals surface area contributed by atoms with Crippen LogP contribution in [-0.2, 0) is 6.54 Å². The van der Waals surface area contributed by atoms with Gasteiger partial charge in [-0.15, -0.1) is 0 Å². The van der Waals surface area contributed by atoms with Gasteiger partial charge >= 0.3 is 6.18 Å². The maximum absolute atomic E-state index is 12.5. The standard InChI is InChI=1S/C10H15F3N4O/c1-16(2)8-3-9(18)17(15-5-8)6-7(4-14)10(11,12)13/h3,5,7H,4,6,14H2,1-2H3. The molecule has 1 atom stereocenters. The highest BCUT2D eigenvalue weighted by atomic mass is 19.4.